The topological polar surface area (TPSA) is 61.8 Å². The van der Waals surface area contributed by atoms with Crippen molar-refractivity contribution >= 4 is 118 Å². The molecular weight excluding hydrogens is 705 g/mol. The summed E-state index contributed by atoms with van der Waals surface area (Å²) in [5, 5.41) is 1.01. The maximum Gasteiger partial charge on any atom is 0.330 e. The molecule has 0 amide bonds. The quantitative estimate of drug-likeness (QED) is 0.0509. The fraction of sp³-hybridized carbons (Fsp3) is 0.786. The van der Waals surface area contributed by atoms with E-state index in [0.717, 1.165) is 51.3 Å². The zero-order valence-electron chi connectivity index (χ0n) is 24.2. The molecule has 42 heavy (non-hydrogen) atoms. The summed E-state index contributed by atoms with van der Waals surface area (Å²) in [4.78, 5) is 23.7. The predicted molar refractivity (Wildman–Crippen MR) is 202 cm³/mol. The lowest BCUT2D eigenvalue weighted by atomic mass is 10.4. The minimum absolute atomic E-state index is 0.0748. The van der Waals surface area contributed by atoms with Crippen molar-refractivity contribution in [3.05, 3.63) is 25.3 Å². The second kappa shape index (κ2) is 23.0. The largest absolute Gasteiger partial charge is 0.457 e. The number of ether oxygens (including phenoxy) is 3. The molecule has 3 aliphatic rings. The summed E-state index contributed by atoms with van der Waals surface area (Å²) in [6, 6.07) is 0. The number of thioether (sulfide) groups is 9. The molecule has 5 unspecified atom stereocenters. The summed E-state index contributed by atoms with van der Waals surface area (Å²) in [5.74, 6) is 11.3. The summed E-state index contributed by atoms with van der Waals surface area (Å²) >= 11 is 17.8. The minimum atomic E-state index is -0.399. The van der Waals surface area contributed by atoms with Crippen molar-refractivity contribution in [1.29, 1.82) is 0 Å². The van der Waals surface area contributed by atoms with E-state index in [-0.39, 0.29) is 23.6 Å². The molecule has 3 saturated heterocycles. The Balaban J connectivity index is 1.33. The molecule has 0 radical (unpaired) electrons. The number of hydrogen-bond donors (Lipinski definition) is 0. The predicted octanol–water partition coefficient (Wildman–Crippen LogP) is 7.35. The van der Waals surface area contributed by atoms with Crippen LogP contribution in [0.15, 0.2) is 25.3 Å². The molecular formula is C28H44O5S9. The maximum absolute atomic E-state index is 11.9. The molecule has 5 nitrogen and oxygen atoms in total. The van der Waals surface area contributed by atoms with Gasteiger partial charge in [-0.2, -0.15) is 47.0 Å². The van der Waals surface area contributed by atoms with Gasteiger partial charge < -0.3 is 14.2 Å². The average molecular weight is 749 g/mol. The first-order chi connectivity index (χ1) is 20.5. The van der Waals surface area contributed by atoms with Gasteiger partial charge in [-0.05, 0) is 31.3 Å². The van der Waals surface area contributed by atoms with Gasteiger partial charge in [-0.3, -0.25) is 0 Å². The Morgan fingerprint density at radius 2 is 1.38 bits per heavy atom. The van der Waals surface area contributed by atoms with Gasteiger partial charge in [0.15, 0.2) is 0 Å². The van der Waals surface area contributed by atoms with Crippen molar-refractivity contribution in [2.75, 3.05) is 69.9 Å². The van der Waals surface area contributed by atoms with Crippen LogP contribution >= 0.6 is 106 Å². The Bertz CT molecular complexity index is 803. The highest BCUT2D eigenvalue weighted by Gasteiger charge is 2.28. The van der Waals surface area contributed by atoms with E-state index in [1.54, 1.807) is 11.8 Å². The van der Waals surface area contributed by atoms with Crippen molar-refractivity contribution in [1.82, 2.24) is 0 Å². The van der Waals surface area contributed by atoms with E-state index in [2.05, 4.69) is 36.7 Å². The molecule has 0 aromatic carbocycles. The highest BCUT2D eigenvalue weighted by molar-refractivity contribution is 8.20. The fourth-order valence-electron chi connectivity index (χ4n) is 4.07. The molecule has 3 fully saturated rings. The zero-order valence-corrected chi connectivity index (χ0v) is 31.6. The van der Waals surface area contributed by atoms with E-state index in [4.69, 9.17) is 14.2 Å². The van der Waals surface area contributed by atoms with Crippen LogP contribution in [-0.2, 0) is 23.8 Å². The SMILES string of the molecule is C=CC(=O)OC(CSCCC1SCCS1)CSCC1CSC(COC(SCCC2SCCS2)C(C)OC(=O)C=C)CS1. The van der Waals surface area contributed by atoms with Gasteiger partial charge in [0.2, 0.25) is 0 Å². The van der Waals surface area contributed by atoms with E-state index in [0.29, 0.717) is 21.7 Å². The summed E-state index contributed by atoms with van der Waals surface area (Å²) < 4.78 is 19.0. The second-order valence-electron chi connectivity index (χ2n) is 9.62. The van der Waals surface area contributed by atoms with Gasteiger partial charge in [0.05, 0.1) is 15.8 Å². The van der Waals surface area contributed by atoms with Crippen LogP contribution in [0.1, 0.15) is 19.8 Å². The van der Waals surface area contributed by atoms with Crippen molar-refractivity contribution in [2.24, 2.45) is 0 Å². The molecule has 240 valence electrons. The third kappa shape index (κ3) is 15.9. The standard InChI is InChI=1S/C28H44O5S9/c1-4-24(29)32-20(3)28(40-9-7-27-38-12-13-39-27)31-14-22-18-42-23(19-41-22)17-35-16-21(33-25(30)5-2)15-34-8-6-26-36-10-11-37-26/h4-5,20-23,26-28H,1-2,6-19H2,3H3. The molecule has 3 aliphatic heterocycles. The zero-order chi connectivity index (χ0) is 30.0. The molecule has 0 N–H and O–H groups in total. The number of hydrogen-bond acceptors (Lipinski definition) is 14. The van der Waals surface area contributed by atoms with E-state index in [9.17, 15) is 9.59 Å². The number of rotatable bonds is 21. The van der Waals surface area contributed by atoms with E-state index in [1.165, 1.54) is 41.6 Å². The Hall–Kier alpha value is 1.53. The normalized spacial score (nSPS) is 23.7. The molecule has 0 aromatic heterocycles. The average Bonchev–Trinajstić information content (AvgIpc) is 3.72. The minimum Gasteiger partial charge on any atom is -0.457 e. The monoisotopic (exact) mass is 748 g/mol. The Morgan fingerprint density at radius 3 is 2.00 bits per heavy atom. The third-order valence-corrected chi connectivity index (χ3v) is 19.6. The van der Waals surface area contributed by atoms with E-state index < -0.39 is 5.97 Å². The summed E-state index contributed by atoms with van der Waals surface area (Å²) in [6.45, 7) is 9.67. The van der Waals surface area contributed by atoms with Crippen LogP contribution in [0.5, 0.6) is 0 Å². The Morgan fingerprint density at radius 1 is 0.810 bits per heavy atom. The fourth-order valence-corrected chi connectivity index (χ4v) is 17.0. The van der Waals surface area contributed by atoms with Crippen LogP contribution in [0.25, 0.3) is 0 Å². The Labute approximate surface area is 291 Å². The van der Waals surface area contributed by atoms with Gasteiger partial charge in [-0.25, -0.2) is 9.59 Å². The lowest BCUT2D eigenvalue weighted by molar-refractivity contribution is -0.146. The number of esters is 2. The first-order valence-corrected chi connectivity index (χ1v) is 23.9. The molecule has 3 rings (SSSR count). The van der Waals surface area contributed by atoms with Gasteiger partial charge in [-0.15, -0.1) is 58.8 Å². The van der Waals surface area contributed by atoms with Crippen molar-refractivity contribution in [3.8, 4) is 0 Å². The Kier molecular flexibility index (Phi) is 20.8. The molecule has 0 aliphatic carbocycles. The molecule has 0 spiro atoms. The van der Waals surface area contributed by atoms with Crippen LogP contribution in [-0.4, -0.2) is 119 Å². The van der Waals surface area contributed by atoms with Crippen molar-refractivity contribution in [2.45, 2.75) is 57.1 Å². The highest BCUT2D eigenvalue weighted by Crippen LogP contribution is 2.37. The third-order valence-electron chi connectivity index (χ3n) is 6.21. The van der Waals surface area contributed by atoms with Gasteiger partial charge in [0.25, 0.3) is 0 Å². The smallest absolute Gasteiger partial charge is 0.330 e. The number of carbonyl (C=O) groups is 2. The van der Waals surface area contributed by atoms with Gasteiger partial charge in [-0.1, -0.05) is 13.2 Å². The molecule has 0 saturated carbocycles. The van der Waals surface area contributed by atoms with Crippen LogP contribution in [0.3, 0.4) is 0 Å². The van der Waals surface area contributed by atoms with Crippen LogP contribution < -0.4 is 0 Å². The van der Waals surface area contributed by atoms with E-state index in [1.807, 2.05) is 77.5 Å². The lowest BCUT2D eigenvalue weighted by Crippen LogP contribution is -2.33. The van der Waals surface area contributed by atoms with Crippen molar-refractivity contribution < 1.29 is 23.8 Å². The van der Waals surface area contributed by atoms with Gasteiger partial charge in [0, 0.05) is 74.4 Å². The highest BCUT2D eigenvalue weighted by atomic mass is 32.2. The lowest BCUT2D eigenvalue weighted by Gasteiger charge is -2.30. The van der Waals surface area contributed by atoms with Crippen LogP contribution in [0.4, 0.5) is 0 Å². The van der Waals surface area contributed by atoms with Gasteiger partial charge >= 0.3 is 11.9 Å². The molecule has 0 bridgehead atoms. The van der Waals surface area contributed by atoms with E-state index >= 15 is 0 Å². The summed E-state index contributed by atoms with van der Waals surface area (Å²) in [5.41, 5.74) is -0.173. The molecule has 0 aromatic rings. The second-order valence-corrected chi connectivity index (χ2v) is 21.6. The van der Waals surface area contributed by atoms with Gasteiger partial charge in [0.1, 0.15) is 17.6 Å². The summed E-state index contributed by atoms with van der Waals surface area (Å²) in [7, 11) is 0. The molecule has 3 heterocycles. The maximum atomic E-state index is 11.9. The van der Waals surface area contributed by atoms with Crippen molar-refractivity contribution in [3.63, 3.8) is 0 Å². The van der Waals surface area contributed by atoms with Crippen LogP contribution in [0, 0.1) is 0 Å². The molecule has 14 heteroatoms. The molecule has 5 atom stereocenters. The van der Waals surface area contributed by atoms with Crippen LogP contribution in [0.2, 0.25) is 0 Å². The first kappa shape index (κ1) is 38.0. The first-order valence-electron chi connectivity index (χ1n) is 14.2. The summed E-state index contributed by atoms with van der Waals surface area (Å²) in [6.07, 6.45) is 4.44. The number of carbonyl (C=O) groups excluding carboxylic acids is 2.